The molecule has 7 heteroatoms. The highest BCUT2D eigenvalue weighted by Gasteiger charge is 2.38. The Balaban J connectivity index is 1.13. The van der Waals surface area contributed by atoms with Crippen LogP contribution in [-0.4, -0.2) is 75.0 Å². The van der Waals surface area contributed by atoms with Crippen LogP contribution in [-0.2, 0) is 11.3 Å². The molecular formula is C20H30N4OS2. The molecule has 0 atom stereocenters. The van der Waals surface area contributed by atoms with Gasteiger partial charge in [-0.15, -0.1) is 11.8 Å². The number of thioether (sulfide) groups is 1. The molecule has 0 bridgehead atoms. The molecular weight excluding hydrogens is 376 g/mol. The quantitative estimate of drug-likeness (QED) is 0.533. The number of nitrogens with zero attached hydrogens (tertiary/aromatic N) is 4. The van der Waals surface area contributed by atoms with Crippen LogP contribution in [0.5, 0.6) is 0 Å². The van der Waals surface area contributed by atoms with Crippen molar-refractivity contribution in [2.75, 3.05) is 45.1 Å². The van der Waals surface area contributed by atoms with E-state index in [-0.39, 0.29) is 4.75 Å². The average Bonchev–Trinajstić information content (AvgIpc) is 3.21. The van der Waals surface area contributed by atoms with Crippen LogP contribution in [0.4, 0.5) is 0 Å². The number of rotatable bonds is 6. The maximum atomic E-state index is 12.2. The summed E-state index contributed by atoms with van der Waals surface area (Å²) in [6, 6.07) is 8.73. The van der Waals surface area contributed by atoms with E-state index in [2.05, 4.69) is 38.6 Å². The molecule has 0 spiro atoms. The number of amides is 1. The van der Waals surface area contributed by atoms with Gasteiger partial charge in [-0.2, -0.15) is 4.41 Å². The molecule has 3 heterocycles. The van der Waals surface area contributed by atoms with Crippen LogP contribution in [0.15, 0.2) is 29.2 Å². The average molecular weight is 407 g/mol. The summed E-state index contributed by atoms with van der Waals surface area (Å²) in [7, 11) is 0. The minimum absolute atomic E-state index is 0.219. The first kappa shape index (κ1) is 19.6. The van der Waals surface area contributed by atoms with Crippen molar-refractivity contribution >= 4 is 29.6 Å². The third-order valence-corrected chi connectivity index (χ3v) is 8.18. The van der Waals surface area contributed by atoms with E-state index in [1.165, 1.54) is 16.9 Å². The highest BCUT2D eigenvalue weighted by Crippen LogP contribution is 2.37. The zero-order chi connectivity index (χ0) is 18.9. The normalized spacial score (nSPS) is 23.9. The predicted molar refractivity (Wildman–Crippen MR) is 113 cm³/mol. The standard InChI is InChI=1S/C20H30N4OS2/c1-20(2)19(25)22(16-26-20)10-6-5-9-21-11-13-23(14-12-21)24-15-17-7-3-4-8-18(17)27-24/h3-4,7-8H,5-6,9-16H2,1-2H3. The second kappa shape index (κ2) is 8.33. The Kier molecular flexibility index (Phi) is 6.04. The third kappa shape index (κ3) is 4.48. The number of carbonyl (C=O) groups is 1. The van der Waals surface area contributed by atoms with Crippen molar-refractivity contribution in [2.24, 2.45) is 0 Å². The third-order valence-electron chi connectivity index (χ3n) is 5.68. The van der Waals surface area contributed by atoms with Gasteiger partial charge in [-0.3, -0.25) is 4.79 Å². The van der Waals surface area contributed by atoms with Crippen LogP contribution in [0, 0.1) is 0 Å². The van der Waals surface area contributed by atoms with Crippen molar-refractivity contribution < 1.29 is 4.79 Å². The molecule has 2 saturated heterocycles. The van der Waals surface area contributed by atoms with Crippen molar-refractivity contribution in [2.45, 2.75) is 42.9 Å². The SMILES string of the molecule is CC1(C)SCN(CCCCN2CCN(N3Cc4ccccc4S3)CC2)C1=O. The maximum absolute atomic E-state index is 12.2. The summed E-state index contributed by atoms with van der Waals surface area (Å²) in [6.45, 7) is 11.7. The first-order valence-corrected chi connectivity index (χ1v) is 11.7. The van der Waals surface area contributed by atoms with Gasteiger partial charge in [-0.1, -0.05) is 18.2 Å². The second-order valence-electron chi connectivity index (χ2n) is 8.06. The highest BCUT2D eigenvalue weighted by atomic mass is 32.2. The summed E-state index contributed by atoms with van der Waals surface area (Å²) in [6.07, 6.45) is 2.29. The van der Waals surface area contributed by atoms with E-state index in [0.717, 1.165) is 58.1 Å². The lowest BCUT2D eigenvalue weighted by atomic mass is 10.1. The number of unbranched alkanes of at least 4 members (excludes halogenated alkanes) is 1. The Labute approximate surface area is 171 Å². The molecule has 1 aromatic carbocycles. The van der Waals surface area contributed by atoms with Gasteiger partial charge in [0.05, 0.1) is 17.2 Å². The number of hydrogen-bond donors (Lipinski definition) is 0. The van der Waals surface area contributed by atoms with E-state index >= 15 is 0 Å². The van der Waals surface area contributed by atoms with Gasteiger partial charge >= 0.3 is 0 Å². The molecule has 0 N–H and O–H groups in total. The largest absolute Gasteiger partial charge is 0.332 e. The zero-order valence-electron chi connectivity index (χ0n) is 16.4. The summed E-state index contributed by atoms with van der Waals surface area (Å²) in [5.41, 5.74) is 1.45. The molecule has 0 unspecified atom stereocenters. The van der Waals surface area contributed by atoms with Gasteiger partial charge in [0.1, 0.15) is 0 Å². The molecule has 0 aliphatic carbocycles. The monoisotopic (exact) mass is 406 g/mol. The van der Waals surface area contributed by atoms with E-state index in [9.17, 15) is 4.79 Å². The lowest BCUT2D eigenvalue weighted by Crippen LogP contribution is -2.50. The summed E-state index contributed by atoms with van der Waals surface area (Å²) in [5, 5.41) is 2.50. The Bertz CT molecular complexity index is 651. The fourth-order valence-corrected chi connectivity index (χ4v) is 5.98. The van der Waals surface area contributed by atoms with Crippen LogP contribution >= 0.6 is 23.7 Å². The van der Waals surface area contributed by atoms with Gasteiger partial charge in [-0.25, -0.2) is 5.01 Å². The molecule has 148 valence electrons. The van der Waals surface area contributed by atoms with Gasteiger partial charge in [0.2, 0.25) is 5.91 Å². The van der Waals surface area contributed by atoms with Crippen LogP contribution < -0.4 is 0 Å². The molecule has 1 amide bonds. The van der Waals surface area contributed by atoms with E-state index < -0.39 is 0 Å². The summed E-state index contributed by atoms with van der Waals surface area (Å²) in [5.74, 6) is 1.17. The predicted octanol–water partition coefficient (Wildman–Crippen LogP) is 3.13. The molecule has 0 saturated carbocycles. The molecule has 1 aromatic rings. The van der Waals surface area contributed by atoms with Crippen LogP contribution in [0.3, 0.4) is 0 Å². The van der Waals surface area contributed by atoms with Crippen molar-refractivity contribution in [1.82, 2.24) is 19.2 Å². The lowest BCUT2D eigenvalue weighted by molar-refractivity contribution is -0.130. The van der Waals surface area contributed by atoms with Crippen LogP contribution in [0.25, 0.3) is 0 Å². The van der Waals surface area contributed by atoms with Crippen molar-refractivity contribution in [3.8, 4) is 0 Å². The van der Waals surface area contributed by atoms with Crippen LogP contribution in [0.2, 0.25) is 0 Å². The summed E-state index contributed by atoms with van der Waals surface area (Å²) >= 11 is 3.64. The minimum Gasteiger partial charge on any atom is -0.332 e. The molecule has 27 heavy (non-hydrogen) atoms. The summed E-state index contributed by atoms with van der Waals surface area (Å²) < 4.78 is 2.21. The first-order chi connectivity index (χ1) is 13.0. The topological polar surface area (TPSA) is 30.0 Å². The molecule has 3 aliphatic heterocycles. The van der Waals surface area contributed by atoms with Gasteiger partial charge < -0.3 is 9.80 Å². The number of fused-ring (bicyclic) bond motifs is 1. The maximum Gasteiger partial charge on any atom is 0.238 e. The van der Waals surface area contributed by atoms with Gasteiger partial charge in [0.15, 0.2) is 0 Å². The molecule has 0 radical (unpaired) electrons. The molecule has 0 aromatic heterocycles. The van der Waals surface area contributed by atoms with Crippen LogP contribution in [0.1, 0.15) is 32.3 Å². The summed E-state index contributed by atoms with van der Waals surface area (Å²) in [4.78, 5) is 18.3. The highest BCUT2D eigenvalue weighted by molar-refractivity contribution is 8.01. The van der Waals surface area contributed by atoms with Crippen molar-refractivity contribution in [3.63, 3.8) is 0 Å². The fraction of sp³-hybridized carbons (Fsp3) is 0.650. The number of hydrazine groups is 1. The van der Waals surface area contributed by atoms with E-state index in [4.69, 9.17) is 0 Å². The van der Waals surface area contributed by atoms with Crippen molar-refractivity contribution in [3.05, 3.63) is 29.8 Å². The van der Waals surface area contributed by atoms with E-state index in [0.29, 0.717) is 5.91 Å². The Morgan fingerprint density at radius 3 is 2.48 bits per heavy atom. The lowest BCUT2D eigenvalue weighted by Gasteiger charge is -2.38. The Hall–Kier alpha value is -0.730. The van der Waals surface area contributed by atoms with Gasteiger partial charge in [0.25, 0.3) is 0 Å². The van der Waals surface area contributed by atoms with Gasteiger partial charge in [-0.05, 0) is 56.8 Å². The van der Waals surface area contributed by atoms with E-state index in [1.807, 2.05) is 30.7 Å². The minimum atomic E-state index is -0.219. The smallest absolute Gasteiger partial charge is 0.238 e. The molecule has 5 nitrogen and oxygen atoms in total. The Morgan fingerprint density at radius 1 is 1.04 bits per heavy atom. The Morgan fingerprint density at radius 2 is 1.78 bits per heavy atom. The van der Waals surface area contributed by atoms with Gasteiger partial charge in [0, 0.05) is 37.6 Å². The fourth-order valence-electron chi connectivity index (χ4n) is 3.90. The van der Waals surface area contributed by atoms with Crippen molar-refractivity contribution in [1.29, 1.82) is 0 Å². The number of benzene rings is 1. The molecule has 4 rings (SSSR count). The first-order valence-electron chi connectivity index (χ1n) is 9.97. The molecule has 2 fully saturated rings. The number of piperazine rings is 1. The zero-order valence-corrected chi connectivity index (χ0v) is 18.0. The number of hydrogen-bond acceptors (Lipinski definition) is 6. The second-order valence-corrected chi connectivity index (χ2v) is 10.7. The van der Waals surface area contributed by atoms with E-state index in [1.54, 1.807) is 11.8 Å². The molecule has 3 aliphatic rings. The number of carbonyl (C=O) groups excluding carboxylic acids is 1.